The number of carbonyl (C=O) groups is 1. The Bertz CT molecular complexity index is 419. The second-order valence-electron chi connectivity index (χ2n) is 3.23. The van der Waals surface area contributed by atoms with Gasteiger partial charge in [0.15, 0.2) is 0 Å². The number of methoxy groups -OCH3 is 1. The molecule has 0 aromatic heterocycles. The van der Waals surface area contributed by atoms with Crippen LogP contribution in [0.15, 0.2) is 18.2 Å². The number of anilines is 1. The summed E-state index contributed by atoms with van der Waals surface area (Å²) in [5.41, 5.74) is 1.63. The highest BCUT2D eigenvalue weighted by molar-refractivity contribution is 5.90. The van der Waals surface area contributed by atoms with Gasteiger partial charge in [-0.1, -0.05) is 0 Å². The van der Waals surface area contributed by atoms with E-state index in [9.17, 15) is 4.79 Å². The van der Waals surface area contributed by atoms with Gasteiger partial charge in [0, 0.05) is 14.1 Å². The summed E-state index contributed by atoms with van der Waals surface area (Å²) in [7, 11) is 5.00. The van der Waals surface area contributed by atoms with Crippen LogP contribution in [0.1, 0.15) is 15.9 Å². The maximum absolute atomic E-state index is 11.2. The number of esters is 1. The predicted molar refractivity (Wildman–Crippen MR) is 56.8 cm³/mol. The molecule has 15 heavy (non-hydrogen) atoms. The Morgan fingerprint density at radius 1 is 1.47 bits per heavy atom. The van der Waals surface area contributed by atoms with Crippen molar-refractivity contribution in [3.63, 3.8) is 0 Å². The van der Waals surface area contributed by atoms with Crippen LogP contribution in [-0.4, -0.2) is 27.2 Å². The number of carbonyl (C=O) groups excluding carboxylic acids is 1. The average Bonchev–Trinajstić information content (AvgIpc) is 2.26. The first-order valence-electron chi connectivity index (χ1n) is 4.40. The number of hydrogen-bond acceptors (Lipinski definition) is 4. The number of hydrogen-bond donors (Lipinski definition) is 0. The molecule has 1 aromatic rings. The summed E-state index contributed by atoms with van der Waals surface area (Å²) in [5.74, 6) is -0.434. The molecular weight excluding hydrogens is 192 g/mol. The zero-order chi connectivity index (χ0) is 11.4. The Hall–Kier alpha value is -2.02. The minimum absolute atomic E-state index is 0.389. The van der Waals surface area contributed by atoms with Crippen molar-refractivity contribution in [3.8, 4) is 6.07 Å². The monoisotopic (exact) mass is 204 g/mol. The fourth-order valence-corrected chi connectivity index (χ4v) is 1.26. The fourth-order valence-electron chi connectivity index (χ4n) is 1.26. The van der Waals surface area contributed by atoms with Gasteiger partial charge in [-0.25, -0.2) is 4.79 Å². The number of rotatable bonds is 2. The van der Waals surface area contributed by atoms with Gasteiger partial charge in [0.2, 0.25) is 0 Å². The van der Waals surface area contributed by atoms with E-state index in [1.54, 1.807) is 12.1 Å². The molecule has 0 heterocycles. The topological polar surface area (TPSA) is 53.3 Å². The molecule has 0 fully saturated rings. The van der Waals surface area contributed by atoms with Crippen LogP contribution in [0.3, 0.4) is 0 Å². The SMILES string of the molecule is COC(=O)c1ccc(N(C)C)c(C#N)c1. The van der Waals surface area contributed by atoms with E-state index in [1.807, 2.05) is 25.1 Å². The molecular formula is C11H12N2O2. The molecule has 0 saturated heterocycles. The first-order chi connectivity index (χ1) is 7.10. The van der Waals surface area contributed by atoms with Crippen LogP contribution < -0.4 is 4.90 Å². The van der Waals surface area contributed by atoms with Crippen LogP contribution in [0, 0.1) is 11.3 Å². The number of nitriles is 1. The van der Waals surface area contributed by atoms with E-state index in [2.05, 4.69) is 4.74 Å². The summed E-state index contributed by atoms with van der Waals surface area (Å²) in [6.45, 7) is 0. The van der Waals surface area contributed by atoms with Crippen LogP contribution >= 0.6 is 0 Å². The lowest BCUT2D eigenvalue weighted by Crippen LogP contribution is -2.11. The van der Waals surface area contributed by atoms with Crippen LogP contribution in [0.2, 0.25) is 0 Å². The molecule has 0 aliphatic rings. The van der Waals surface area contributed by atoms with Gasteiger partial charge in [-0.15, -0.1) is 0 Å². The molecule has 0 saturated carbocycles. The zero-order valence-electron chi connectivity index (χ0n) is 8.94. The molecule has 0 aliphatic carbocycles. The summed E-state index contributed by atoms with van der Waals surface area (Å²) in [6.07, 6.45) is 0. The number of ether oxygens (including phenoxy) is 1. The molecule has 1 aromatic carbocycles. The molecule has 0 atom stereocenters. The van der Waals surface area contributed by atoms with Gasteiger partial charge in [-0.05, 0) is 18.2 Å². The molecule has 4 heteroatoms. The van der Waals surface area contributed by atoms with E-state index < -0.39 is 5.97 Å². The Morgan fingerprint density at radius 2 is 2.13 bits per heavy atom. The lowest BCUT2D eigenvalue weighted by atomic mass is 10.1. The second kappa shape index (κ2) is 4.47. The maximum atomic E-state index is 11.2. The first kappa shape index (κ1) is 11.1. The molecule has 0 amide bonds. The molecule has 0 aliphatic heterocycles. The van der Waals surface area contributed by atoms with E-state index in [1.165, 1.54) is 13.2 Å². The van der Waals surface area contributed by atoms with Gasteiger partial charge < -0.3 is 9.64 Å². The molecule has 0 N–H and O–H groups in total. The molecule has 0 bridgehead atoms. The highest BCUT2D eigenvalue weighted by atomic mass is 16.5. The highest BCUT2D eigenvalue weighted by Gasteiger charge is 2.10. The summed E-state index contributed by atoms with van der Waals surface area (Å²) in [4.78, 5) is 13.0. The highest BCUT2D eigenvalue weighted by Crippen LogP contribution is 2.19. The lowest BCUT2D eigenvalue weighted by Gasteiger charge is -2.14. The lowest BCUT2D eigenvalue weighted by molar-refractivity contribution is 0.0600. The van der Waals surface area contributed by atoms with Crippen LogP contribution in [0.5, 0.6) is 0 Å². The van der Waals surface area contributed by atoms with Gasteiger partial charge in [0.05, 0.1) is 23.9 Å². The summed E-state index contributed by atoms with van der Waals surface area (Å²) in [5, 5.41) is 8.92. The van der Waals surface area contributed by atoms with Crippen molar-refractivity contribution in [2.75, 3.05) is 26.1 Å². The van der Waals surface area contributed by atoms with Crippen molar-refractivity contribution >= 4 is 11.7 Å². The summed E-state index contributed by atoms with van der Waals surface area (Å²) in [6, 6.07) is 6.94. The minimum Gasteiger partial charge on any atom is -0.465 e. The quantitative estimate of drug-likeness (QED) is 0.683. The summed E-state index contributed by atoms with van der Waals surface area (Å²) < 4.78 is 4.57. The molecule has 1 rings (SSSR count). The van der Waals surface area contributed by atoms with E-state index in [0.29, 0.717) is 11.1 Å². The van der Waals surface area contributed by atoms with Crippen molar-refractivity contribution in [3.05, 3.63) is 29.3 Å². The van der Waals surface area contributed by atoms with Crippen LogP contribution in [0.4, 0.5) is 5.69 Å². The van der Waals surface area contributed by atoms with Gasteiger partial charge in [-0.2, -0.15) is 5.26 Å². The van der Waals surface area contributed by atoms with Crippen molar-refractivity contribution in [1.82, 2.24) is 0 Å². The molecule has 78 valence electrons. The van der Waals surface area contributed by atoms with Crippen LogP contribution in [0.25, 0.3) is 0 Å². The Kier molecular flexibility index (Phi) is 3.29. The third-order valence-electron chi connectivity index (χ3n) is 2.02. The second-order valence-corrected chi connectivity index (χ2v) is 3.23. The van der Waals surface area contributed by atoms with E-state index in [-0.39, 0.29) is 0 Å². The van der Waals surface area contributed by atoms with Crippen LogP contribution in [-0.2, 0) is 4.74 Å². The van der Waals surface area contributed by atoms with E-state index >= 15 is 0 Å². The standard InChI is InChI=1S/C11H12N2O2/c1-13(2)10-5-4-8(11(14)15-3)6-9(10)7-12/h4-6H,1-3H3. The third kappa shape index (κ3) is 2.26. The molecule has 0 spiro atoms. The van der Waals surface area contributed by atoms with Crippen molar-refractivity contribution < 1.29 is 9.53 Å². The minimum atomic E-state index is -0.434. The maximum Gasteiger partial charge on any atom is 0.337 e. The molecule has 0 unspecified atom stereocenters. The summed E-state index contributed by atoms with van der Waals surface area (Å²) >= 11 is 0. The fraction of sp³-hybridized carbons (Fsp3) is 0.273. The van der Waals surface area contributed by atoms with Gasteiger partial charge in [0.25, 0.3) is 0 Å². The number of benzene rings is 1. The predicted octanol–water partition coefficient (Wildman–Crippen LogP) is 1.41. The first-order valence-corrected chi connectivity index (χ1v) is 4.40. The van der Waals surface area contributed by atoms with E-state index in [4.69, 9.17) is 5.26 Å². The Labute approximate surface area is 88.7 Å². The zero-order valence-corrected chi connectivity index (χ0v) is 8.94. The van der Waals surface area contributed by atoms with Crippen molar-refractivity contribution in [2.24, 2.45) is 0 Å². The third-order valence-corrected chi connectivity index (χ3v) is 2.02. The Balaban J connectivity index is 3.21. The van der Waals surface area contributed by atoms with Crippen molar-refractivity contribution in [1.29, 1.82) is 5.26 Å². The smallest absolute Gasteiger partial charge is 0.337 e. The van der Waals surface area contributed by atoms with Gasteiger partial charge in [0.1, 0.15) is 6.07 Å². The largest absolute Gasteiger partial charge is 0.465 e. The Morgan fingerprint density at radius 3 is 2.60 bits per heavy atom. The molecule has 4 nitrogen and oxygen atoms in total. The number of nitrogens with zero attached hydrogens (tertiary/aromatic N) is 2. The molecule has 0 radical (unpaired) electrons. The van der Waals surface area contributed by atoms with Crippen molar-refractivity contribution in [2.45, 2.75) is 0 Å². The normalized spacial score (nSPS) is 9.20. The average molecular weight is 204 g/mol. The van der Waals surface area contributed by atoms with Gasteiger partial charge >= 0.3 is 5.97 Å². The van der Waals surface area contributed by atoms with Gasteiger partial charge in [-0.3, -0.25) is 0 Å². The van der Waals surface area contributed by atoms with E-state index in [0.717, 1.165) is 5.69 Å².